The van der Waals surface area contributed by atoms with Crippen molar-refractivity contribution in [3.63, 3.8) is 0 Å². The molecule has 1 atom stereocenters. The number of anilines is 1. The summed E-state index contributed by atoms with van der Waals surface area (Å²) in [6.07, 6.45) is 1.11. The highest BCUT2D eigenvalue weighted by Crippen LogP contribution is 2.36. The molecule has 12 heteroatoms. The van der Waals surface area contributed by atoms with Crippen LogP contribution in [0.4, 0.5) is 14.9 Å². The monoisotopic (exact) mass is 553 g/mol. The molecule has 0 aliphatic carbocycles. The number of ether oxygens (including phenoxy) is 1. The summed E-state index contributed by atoms with van der Waals surface area (Å²) in [5.74, 6) is -1.56. The smallest absolute Gasteiger partial charge is 0.320 e. The molecule has 204 valence electrons. The number of halogens is 1. The zero-order valence-electron chi connectivity index (χ0n) is 21.9. The largest absolute Gasteiger partial charge is 0.494 e. The molecule has 2 aromatic carbocycles. The predicted molar refractivity (Wildman–Crippen MR) is 143 cm³/mol. The summed E-state index contributed by atoms with van der Waals surface area (Å²) >= 11 is 1.44. The third-order valence-corrected chi connectivity index (χ3v) is 8.33. The van der Waals surface area contributed by atoms with Crippen LogP contribution in [0.15, 0.2) is 24.3 Å². The lowest BCUT2D eigenvalue weighted by atomic mass is 10.0. The highest BCUT2D eigenvalue weighted by molar-refractivity contribution is 7.18. The lowest BCUT2D eigenvalue weighted by Gasteiger charge is -2.29. The molecule has 1 saturated heterocycles. The molecule has 1 fully saturated rings. The van der Waals surface area contributed by atoms with Crippen LogP contribution < -0.4 is 20.7 Å². The first kappa shape index (κ1) is 26.5. The Bertz CT molecular complexity index is 1530. The molecular weight excluding hydrogens is 525 g/mol. The maximum atomic E-state index is 15.5. The van der Waals surface area contributed by atoms with Gasteiger partial charge in [0, 0.05) is 17.5 Å². The Morgan fingerprint density at radius 1 is 1.28 bits per heavy atom. The molecule has 1 aromatic heterocycles. The first-order chi connectivity index (χ1) is 18.5. The minimum absolute atomic E-state index is 0.0896. The standard InChI is InChI=1S/C27H28FN5O5S/c1-5-13-10-18(38-4)22-19(11-13)39-25(31-22)27(2,3)32-26(37)29-16-7-6-14-15(21(16)28)12-33(24(14)36)17-8-9-20(34)30-23(17)35/h6-7,10-11,17H,5,8-9,12H2,1-4H3,(H2,29,32,37)(H,30,34,35). The van der Waals surface area contributed by atoms with Gasteiger partial charge in [0.2, 0.25) is 11.8 Å². The molecular formula is C27H28FN5O5S. The summed E-state index contributed by atoms with van der Waals surface area (Å²) in [4.78, 5) is 55.5. The van der Waals surface area contributed by atoms with Crippen LogP contribution in [0.3, 0.4) is 0 Å². The summed E-state index contributed by atoms with van der Waals surface area (Å²) in [6, 6.07) is 5.24. The van der Waals surface area contributed by atoms with Gasteiger partial charge in [-0.15, -0.1) is 11.3 Å². The van der Waals surface area contributed by atoms with Gasteiger partial charge in [0.1, 0.15) is 22.3 Å². The van der Waals surface area contributed by atoms with Gasteiger partial charge in [-0.25, -0.2) is 14.2 Å². The van der Waals surface area contributed by atoms with E-state index in [-0.39, 0.29) is 36.2 Å². The Morgan fingerprint density at radius 3 is 2.74 bits per heavy atom. The molecule has 3 aromatic rings. The number of amides is 5. The van der Waals surface area contributed by atoms with Crippen molar-refractivity contribution in [3.05, 3.63) is 51.8 Å². The van der Waals surface area contributed by atoms with E-state index in [0.717, 1.165) is 16.7 Å². The Hall–Kier alpha value is -4.06. The molecule has 5 rings (SSSR count). The number of imide groups is 1. The van der Waals surface area contributed by atoms with E-state index in [0.29, 0.717) is 16.3 Å². The summed E-state index contributed by atoms with van der Waals surface area (Å²) in [5.41, 5.74) is 1.04. The van der Waals surface area contributed by atoms with Crippen LogP contribution in [-0.2, 0) is 28.1 Å². The number of nitrogens with zero attached hydrogens (tertiary/aromatic N) is 2. The number of rotatable bonds is 6. The van der Waals surface area contributed by atoms with Crippen molar-refractivity contribution in [1.82, 2.24) is 20.5 Å². The fraction of sp³-hybridized carbons (Fsp3) is 0.370. The zero-order chi connectivity index (χ0) is 28.1. The molecule has 2 aliphatic heterocycles. The van der Waals surface area contributed by atoms with Crippen LogP contribution in [0.2, 0.25) is 0 Å². The fourth-order valence-electron chi connectivity index (χ4n) is 4.87. The maximum absolute atomic E-state index is 15.5. The van der Waals surface area contributed by atoms with E-state index < -0.39 is 41.2 Å². The third kappa shape index (κ3) is 4.80. The lowest BCUT2D eigenvalue weighted by molar-refractivity contribution is -0.136. The lowest BCUT2D eigenvalue weighted by Crippen LogP contribution is -2.52. The Kier molecular flexibility index (Phi) is 6.75. The predicted octanol–water partition coefficient (Wildman–Crippen LogP) is 3.82. The summed E-state index contributed by atoms with van der Waals surface area (Å²) in [6.45, 7) is 5.51. The summed E-state index contributed by atoms with van der Waals surface area (Å²) < 4.78 is 21.9. The number of benzene rings is 2. The molecule has 0 bridgehead atoms. The van der Waals surface area contributed by atoms with Gasteiger partial charge in [-0.3, -0.25) is 19.7 Å². The highest BCUT2D eigenvalue weighted by Gasteiger charge is 2.40. The van der Waals surface area contributed by atoms with Crippen LogP contribution in [0.25, 0.3) is 10.2 Å². The second kappa shape index (κ2) is 9.92. The summed E-state index contributed by atoms with van der Waals surface area (Å²) in [7, 11) is 1.59. The molecule has 3 heterocycles. The van der Waals surface area contributed by atoms with Gasteiger partial charge in [-0.2, -0.15) is 0 Å². The average Bonchev–Trinajstić information content (AvgIpc) is 3.47. The van der Waals surface area contributed by atoms with E-state index in [1.807, 2.05) is 6.07 Å². The van der Waals surface area contributed by atoms with Gasteiger partial charge in [0.05, 0.1) is 29.6 Å². The van der Waals surface area contributed by atoms with Crippen molar-refractivity contribution in [2.45, 2.75) is 58.2 Å². The Balaban J connectivity index is 1.33. The third-order valence-electron chi connectivity index (χ3n) is 7.01. The number of hydrogen-bond acceptors (Lipinski definition) is 7. The van der Waals surface area contributed by atoms with Crippen LogP contribution >= 0.6 is 11.3 Å². The number of nitrogens with one attached hydrogen (secondary N) is 3. The van der Waals surface area contributed by atoms with Crippen molar-refractivity contribution in [2.24, 2.45) is 0 Å². The molecule has 3 N–H and O–H groups in total. The first-order valence-electron chi connectivity index (χ1n) is 12.6. The molecule has 5 amide bonds. The number of carbonyl (C=O) groups is 4. The number of carbonyl (C=O) groups excluding carboxylic acids is 4. The Labute approximate surface area is 227 Å². The van der Waals surface area contributed by atoms with E-state index in [1.54, 1.807) is 21.0 Å². The molecule has 10 nitrogen and oxygen atoms in total. The van der Waals surface area contributed by atoms with Crippen LogP contribution in [0, 0.1) is 5.82 Å². The van der Waals surface area contributed by atoms with E-state index in [4.69, 9.17) is 9.72 Å². The fourth-order valence-corrected chi connectivity index (χ4v) is 5.98. The van der Waals surface area contributed by atoms with Crippen LogP contribution in [0.1, 0.15) is 60.1 Å². The zero-order valence-corrected chi connectivity index (χ0v) is 22.8. The number of hydrogen-bond donors (Lipinski definition) is 3. The number of methoxy groups -OCH3 is 1. The molecule has 39 heavy (non-hydrogen) atoms. The number of aromatic nitrogens is 1. The van der Waals surface area contributed by atoms with E-state index >= 15 is 4.39 Å². The van der Waals surface area contributed by atoms with Crippen molar-refractivity contribution in [1.29, 1.82) is 0 Å². The van der Waals surface area contributed by atoms with Gasteiger partial charge in [-0.05, 0) is 56.5 Å². The van der Waals surface area contributed by atoms with Crippen LogP contribution in [-0.4, -0.2) is 46.8 Å². The van der Waals surface area contributed by atoms with Crippen molar-refractivity contribution < 1.29 is 28.3 Å². The van der Waals surface area contributed by atoms with Gasteiger partial charge >= 0.3 is 6.03 Å². The molecule has 0 radical (unpaired) electrons. The van der Waals surface area contributed by atoms with E-state index in [1.165, 1.54) is 28.4 Å². The van der Waals surface area contributed by atoms with Crippen molar-refractivity contribution in [2.75, 3.05) is 12.4 Å². The minimum Gasteiger partial charge on any atom is -0.494 e. The molecule has 2 aliphatic rings. The van der Waals surface area contributed by atoms with Crippen molar-refractivity contribution >= 4 is 51.0 Å². The minimum atomic E-state index is -0.892. The second-order valence-corrected chi connectivity index (χ2v) is 11.1. The van der Waals surface area contributed by atoms with Crippen LogP contribution in [0.5, 0.6) is 5.75 Å². The number of aryl methyl sites for hydroxylation is 1. The normalized spacial score (nSPS) is 17.3. The first-order valence-corrected chi connectivity index (χ1v) is 13.4. The van der Waals surface area contributed by atoms with E-state index in [2.05, 4.69) is 28.9 Å². The maximum Gasteiger partial charge on any atom is 0.320 e. The highest BCUT2D eigenvalue weighted by atomic mass is 32.1. The van der Waals surface area contributed by atoms with Gasteiger partial charge in [0.15, 0.2) is 5.82 Å². The number of urea groups is 1. The Morgan fingerprint density at radius 2 is 2.05 bits per heavy atom. The van der Waals surface area contributed by atoms with Gasteiger partial charge < -0.3 is 20.3 Å². The van der Waals surface area contributed by atoms with E-state index in [9.17, 15) is 19.2 Å². The molecule has 0 spiro atoms. The number of thiazole rings is 1. The van der Waals surface area contributed by atoms with Gasteiger partial charge in [0.25, 0.3) is 5.91 Å². The quantitative estimate of drug-likeness (QED) is 0.398. The molecule has 0 saturated carbocycles. The topological polar surface area (TPSA) is 130 Å². The number of piperidine rings is 1. The molecule has 1 unspecified atom stereocenters. The number of fused-ring (bicyclic) bond motifs is 2. The average molecular weight is 554 g/mol. The summed E-state index contributed by atoms with van der Waals surface area (Å²) in [5, 5.41) is 8.26. The van der Waals surface area contributed by atoms with Gasteiger partial charge in [-0.1, -0.05) is 6.92 Å². The SMILES string of the molecule is CCc1cc(OC)c2nc(C(C)(C)NC(=O)Nc3ccc4c(c3F)CN(C3CCC(=O)NC3=O)C4=O)sc2c1. The second-order valence-electron chi connectivity index (χ2n) is 10.1. The van der Waals surface area contributed by atoms with Crippen molar-refractivity contribution in [3.8, 4) is 5.75 Å².